The monoisotopic (exact) mass is 312 g/mol. The van der Waals surface area contributed by atoms with Crippen LogP contribution in [0, 0.1) is 28.8 Å². The Morgan fingerprint density at radius 3 is 2.29 bits per heavy atom. The molecule has 0 aliphatic heterocycles. The minimum absolute atomic E-state index is 0.159. The van der Waals surface area contributed by atoms with E-state index in [0.717, 1.165) is 6.07 Å². The highest BCUT2D eigenvalue weighted by atomic mass is 32.2. The van der Waals surface area contributed by atoms with Crippen molar-refractivity contribution in [3.63, 3.8) is 0 Å². The number of hydrogen-bond donors (Lipinski definition) is 1. The van der Waals surface area contributed by atoms with Crippen molar-refractivity contribution in [2.45, 2.75) is 4.90 Å². The van der Waals surface area contributed by atoms with Crippen molar-refractivity contribution in [3.8, 4) is 6.07 Å². The fraction of sp³-hybridized carbons (Fsp3) is 0. The molecule has 21 heavy (non-hydrogen) atoms. The Hall–Kier alpha value is -2.53. The summed E-state index contributed by atoms with van der Waals surface area (Å²) in [5.74, 6) is -4.11. The van der Waals surface area contributed by atoms with Crippen LogP contribution in [0.2, 0.25) is 0 Å². The molecule has 0 spiro atoms. The fourth-order valence-electron chi connectivity index (χ4n) is 1.59. The van der Waals surface area contributed by atoms with E-state index in [4.69, 9.17) is 5.26 Å². The standard InChI is InChI=1S/C13H7F3N2O2S/c14-9-5-11(16)12(6-10(9)15)18-21(19,20)13-4-2-1-3-8(13)7-17/h1-6,18H. The van der Waals surface area contributed by atoms with Gasteiger partial charge in [0.05, 0.1) is 11.3 Å². The average Bonchev–Trinajstić information content (AvgIpc) is 2.44. The summed E-state index contributed by atoms with van der Waals surface area (Å²) in [5, 5.41) is 8.86. The number of halogens is 3. The lowest BCUT2D eigenvalue weighted by atomic mass is 10.2. The van der Waals surface area contributed by atoms with Gasteiger partial charge in [0.2, 0.25) is 0 Å². The molecule has 0 bridgehead atoms. The second-order valence-electron chi connectivity index (χ2n) is 3.96. The molecule has 108 valence electrons. The molecule has 0 heterocycles. The Labute approximate surface area is 118 Å². The van der Waals surface area contributed by atoms with Crippen LogP contribution in [0.15, 0.2) is 41.3 Å². The molecular weight excluding hydrogens is 305 g/mol. The van der Waals surface area contributed by atoms with Gasteiger partial charge in [0.25, 0.3) is 10.0 Å². The van der Waals surface area contributed by atoms with Gasteiger partial charge in [-0.05, 0) is 12.1 Å². The highest BCUT2D eigenvalue weighted by molar-refractivity contribution is 7.92. The largest absolute Gasteiger partial charge is 0.277 e. The SMILES string of the molecule is N#Cc1ccccc1S(=O)(=O)Nc1cc(F)c(F)cc1F. The van der Waals surface area contributed by atoms with Crippen molar-refractivity contribution < 1.29 is 21.6 Å². The van der Waals surface area contributed by atoms with Crippen molar-refractivity contribution in [2.24, 2.45) is 0 Å². The molecule has 0 saturated carbocycles. The molecule has 1 N–H and O–H groups in total. The average molecular weight is 312 g/mol. The van der Waals surface area contributed by atoms with Crippen molar-refractivity contribution in [1.29, 1.82) is 5.26 Å². The zero-order valence-electron chi connectivity index (χ0n) is 10.3. The van der Waals surface area contributed by atoms with Crippen LogP contribution in [0.3, 0.4) is 0 Å². The third-order valence-electron chi connectivity index (χ3n) is 2.55. The van der Waals surface area contributed by atoms with E-state index >= 15 is 0 Å². The summed E-state index contributed by atoms with van der Waals surface area (Å²) in [7, 11) is -4.31. The number of anilines is 1. The van der Waals surface area contributed by atoms with Gasteiger partial charge in [-0.25, -0.2) is 21.6 Å². The number of hydrogen-bond acceptors (Lipinski definition) is 3. The Kier molecular flexibility index (Phi) is 3.86. The van der Waals surface area contributed by atoms with Crippen molar-refractivity contribution >= 4 is 15.7 Å². The predicted octanol–water partition coefficient (Wildman–Crippen LogP) is 2.78. The lowest BCUT2D eigenvalue weighted by molar-refractivity contribution is 0.496. The number of sulfonamides is 1. The van der Waals surface area contributed by atoms with Crippen LogP contribution in [0.4, 0.5) is 18.9 Å². The maximum atomic E-state index is 13.5. The van der Waals surface area contributed by atoms with E-state index in [9.17, 15) is 21.6 Å². The van der Waals surface area contributed by atoms with Gasteiger partial charge in [-0.2, -0.15) is 5.26 Å². The number of nitrogens with zero attached hydrogens (tertiary/aromatic N) is 1. The fourth-order valence-corrected chi connectivity index (χ4v) is 2.81. The third-order valence-corrected chi connectivity index (χ3v) is 3.97. The second-order valence-corrected chi connectivity index (χ2v) is 5.61. The molecule has 2 rings (SSSR count). The first-order valence-electron chi connectivity index (χ1n) is 5.51. The smallest absolute Gasteiger partial charge is 0.263 e. The van der Waals surface area contributed by atoms with Gasteiger partial charge in [0.15, 0.2) is 11.6 Å². The van der Waals surface area contributed by atoms with Crippen LogP contribution in [0.1, 0.15) is 5.56 Å². The van der Waals surface area contributed by atoms with E-state index in [1.165, 1.54) is 18.2 Å². The van der Waals surface area contributed by atoms with Gasteiger partial charge in [-0.3, -0.25) is 4.72 Å². The van der Waals surface area contributed by atoms with Gasteiger partial charge in [0, 0.05) is 12.1 Å². The molecule has 4 nitrogen and oxygen atoms in total. The molecule has 0 aromatic heterocycles. The summed E-state index contributed by atoms with van der Waals surface area (Å²) in [6, 6.07) is 7.51. The highest BCUT2D eigenvalue weighted by Crippen LogP contribution is 2.23. The molecular formula is C13H7F3N2O2S. The van der Waals surface area contributed by atoms with Crippen LogP contribution in [-0.4, -0.2) is 8.42 Å². The number of nitriles is 1. The molecule has 0 amide bonds. The molecule has 0 unspecified atom stereocenters. The molecule has 0 atom stereocenters. The lowest BCUT2D eigenvalue weighted by Crippen LogP contribution is -2.15. The number of benzene rings is 2. The molecule has 2 aromatic carbocycles. The van der Waals surface area contributed by atoms with Crippen molar-refractivity contribution in [3.05, 3.63) is 59.4 Å². The van der Waals surface area contributed by atoms with E-state index in [2.05, 4.69) is 0 Å². The molecule has 8 heteroatoms. The zero-order valence-corrected chi connectivity index (χ0v) is 11.1. The third kappa shape index (κ3) is 2.98. The van der Waals surface area contributed by atoms with Gasteiger partial charge < -0.3 is 0 Å². The summed E-state index contributed by atoms with van der Waals surface area (Å²) in [4.78, 5) is -0.392. The normalized spacial score (nSPS) is 11.0. The Balaban J connectivity index is 2.48. The Morgan fingerprint density at radius 1 is 1.00 bits per heavy atom. The van der Waals surface area contributed by atoms with E-state index in [1.807, 2.05) is 0 Å². The predicted molar refractivity (Wildman–Crippen MR) is 68.3 cm³/mol. The van der Waals surface area contributed by atoms with Crippen LogP contribution in [-0.2, 0) is 10.0 Å². The molecule has 0 aliphatic rings. The number of rotatable bonds is 3. The van der Waals surface area contributed by atoms with E-state index in [0.29, 0.717) is 6.07 Å². The second kappa shape index (κ2) is 5.46. The summed E-state index contributed by atoms with van der Waals surface area (Å²) >= 11 is 0. The summed E-state index contributed by atoms with van der Waals surface area (Å²) < 4.78 is 65.3. The summed E-state index contributed by atoms with van der Waals surface area (Å²) in [6.45, 7) is 0. The molecule has 0 aliphatic carbocycles. The molecule has 2 aromatic rings. The van der Waals surface area contributed by atoms with E-state index in [1.54, 1.807) is 10.8 Å². The van der Waals surface area contributed by atoms with Crippen molar-refractivity contribution in [1.82, 2.24) is 0 Å². The zero-order chi connectivity index (χ0) is 15.6. The molecule has 0 radical (unpaired) electrons. The highest BCUT2D eigenvalue weighted by Gasteiger charge is 2.21. The first kappa shape index (κ1) is 14.9. The minimum Gasteiger partial charge on any atom is -0.277 e. The van der Waals surface area contributed by atoms with Gasteiger partial charge in [0.1, 0.15) is 16.8 Å². The van der Waals surface area contributed by atoms with Gasteiger partial charge >= 0.3 is 0 Å². The molecule has 0 fully saturated rings. The van der Waals surface area contributed by atoms with Crippen LogP contribution in [0.5, 0.6) is 0 Å². The topological polar surface area (TPSA) is 70.0 Å². The Morgan fingerprint density at radius 2 is 1.62 bits per heavy atom. The minimum atomic E-state index is -4.31. The van der Waals surface area contributed by atoms with Crippen LogP contribution < -0.4 is 4.72 Å². The van der Waals surface area contributed by atoms with E-state index in [-0.39, 0.29) is 11.6 Å². The number of nitrogens with one attached hydrogen (secondary N) is 1. The first-order valence-corrected chi connectivity index (χ1v) is 7.00. The van der Waals surface area contributed by atoms with E-state index < -0.39 is 38.1 Å². The maximum absolute atomic E-state index is 13.5. The Bertz CT molecular complexity index is 845. The van der Waals surface area contributed by atoms with Gasteiger partial charge in [-0.15, -0.1) is 0 Å². The maximum Gasteiger partial charge on any atom is 0.263 e. The summed E-state index contributed by atoms with van der Waals surface area (Å²) in [6.07, 6.45) is 0. The quantitative estimate of drug-likeness (QED) is 0.886. The van der Waals surface area contributed by atoms with Crippen LogP contribution in [0.25, 0.3) is 0 Å². The summed E-state index contributed by atoms with van der Waals surface area (Å²) in [5.41, 5.74) is -0.908. The van der Waals surface area contributed by atoms with Crippen molar-refractivity contribution in [2.75, 3.05) is 4.72 Å². The molecule has 0 saturated heterocycles. The van der Waals surface area contributed by atoms with Crippen LogP contribution >= 0.6 is 0 Å². The first-order chi connectivity index (χ1) is 9.85. The van der Waals surface area contributed by atoms with Gasteiger partial charge in [-0.1, -0.05) is 12.1 Å². The lowest BCUT2D eigenvalue weighted by Gasteiger charge is -2.10.